The maximum atomic E-state index is 13.0. The van der Waals surface area contributed by atoms with E-state index in [1.54, 1.807) is 0 Å². The van der Waals surface area contributed by atoms with E-state index >= 15 is 0 Å². The first-order valence-corrected chi connectivity index (χ1v) is 5.49. The van der Waals surface area contributed by atoms with Crippen molar-refractivity contribution in [3.05, 3.63) is 30.1 Å². The molecule has 0 N–H and O–H groups in total. The Bertz CT molecular complexity index is 378. The van der Waals surface area contributed by atoms with Crippen molar-refractivity contribution in [1.29, 1.82) is 0 Å². The second-order valence-corrected chi connectivity index (χ2v) is 4.22. The fourth-order valence-electron chi connectivity index (χ4n) is 0.926. The lowest BCUT2D eigenvalue weighted by Gasteiger charge is -2.07. The first kappa shape index (κ1) is 13.1. The number of halogens is 4. The molecule has 1 aromatic carbocycles. The molecule has 2 nitrogen and oxygen atoms in total. The molecular weight excluding hydrogens is 248 g/mol. The van der Waals surface area contributed by atoms with Crippen molar-refractivity contribution in [2.45, 2.75) is 11.1 Å². The summed E-state index contributed by atoms with van der Waals surface area (Å²) in [6, 6.07) is 5.16. The van der Waals surface area contributed by atoms with Gasteiger partial charge in [-0.15, -0.1) is 0 Å². The van der Waals surface area contributed by atoms with E-state index in [0.29, 0.717) is 0 Å². The largest absolute Gasteiger partial charge is 0.411 e. The van der Waals surface area contributed by atoms with Gasteiger partial charge in [-0.2, -0.15) is 13.2 Å². The molecule has 90 valence electrons. The normalized spacial score (nSPS) is 13.8. The van der Waals surface area contributed by atoms with Crippen LogP contribution in [0.3, 0.4) is 0 Å². The number of hydrogen-bond acceptors (Lipinski definition) is 2. The zero-order valence-electron chi connectivity index (χ0n) is 7.96. The lowest BCUT2D eigenvalue weighted by Crippen LogP contribution is -2.19. The van der Waals surface area contributed by atoms with Gasteiger partial charge in [0.25, 0.3) is 0 Å². The predicted molar refractivity (Wildman–Crippen MR) is 49.7 cm³/mol. The number of hydrogen-bond donors (Lipinski definition) is 0. The number of benzene rings is 1. The van der Waals surface area contributed by atoms with Crippen molar-refractivity contribution >= 4 is 10.8 Å². The molecule has 0 aliphatic rings. The van der Waals surface area contributed by atoms with Gasteiger partial charge in [0.15, 0.2) is 0 Å². The molecule has 0 saturated heterocycles. The van der Waals surface area contributed by atoms with E-state index in [2.05, 4.69) is 4.74 Å². The van der Waals surface area contributed by atoms with Gasteiger partial charge in [0.05, 0.1) is 15.7 Å². The SMILES string of the molecule is O=S(COCC(F)(F)F)c1ccccc1F. The molecule has 0 fully saturated rings. The maximum Gasteiger partial charge on any atom is 0.411 e. The van der Waals surface area contributed by atoms with E-state index in [9.17, 15) is 21.8 Å². The summed E-state index contributed by atoms with van der Waals surface area (Å²) < 4.78 is 63.6. The van der Waals surface area contributed by atoms with Crippen molar-refractivity contribution in [3.63, 3.8) is 0 Å². The molecule has 0 aliphatic heterocycles. The summed E-state index contributed by atoms with van der Waals surface area (Å²) in [6.45, 7) is -1.49. The highest BCUT2D eigenvalue weighted by Crippen LogP contribution is 2.16. The molecule has 1 aromatic rings. The molecule has 16 heavy (non-hydrogen) atoms. The van der Waals surface area contributed by atoms with Gasteiger partial charge in [0, 0.05) is 0 Å². The molecule has 0 aliphatic carbocycles. The van der Waals surface area contributed by atoms with E-state index < -0.39 is 35.3 Å². The smallest absolute Gasteiger partial charge is 0.358 e. The summed E-state index contributed by atoms with van der Waals surface area (Å²) in [5.74, 6) is -1.41. The van der Waals surface area contributed by atoms with Gasteiger partial charge >= 0.3 is 6.18 Å². The maximum absolute atomic E-state index is 13.0. The van der Waals surface area contributed by atoms with Crippen molar-refractivity contribution in [2.24, 2.45) is 0 Å². The minimum atomic E-state index is -4.47. The second kappa shape index (κ2) is 5.40. The van der Waals surface area contributed by atoms with Gasteiger partial charge in [-0.1, -0.05) is 12.1 Å². The molecule has 0 heterocycles. The Morgan fingerprint density at radius 1 is 1.25 bits per heavy atom. The zero-order valence-corrected chi connectivity index (χ0v) is 8.78. The fraction of sp³-hybridized carbons (Fsp3) is 0.333. The second-order valence-electron chi connectivity index (χ2n) is 2.86. The summed E-state index contributed by atoms with van der Waals surface area (Å²) in [5.41, 5.74) is 0. The van der Waals surface area contributed by atoms with Crippen LogP contribution in [0.4, 0.5) is 17.6 Å². The first-order valence-electron chi connectivity index (χ1n) is 4.17. The predicted octanol–water partition coefficient (Wildman–Crippen LogP) is 2.47. The molecule has 0 spiro atoms. The molecular formula is C9H8F4O2S. The first-order chi connectivity index (χ1) is 7.40. The summed E-state index contributed by atoms with van der Waals surface area (Å²) >= 11 is 0. The lowest BCUT2D eigenvalue weighted by atomic mass is 10.4. The molecule has 0 aromatic heterocycles. The molecule has 1 atom stereocenters. The van der Waals surface area contributed by atoms with Crippen molar-refractivity contribution in [2.75, 3.05) is 12.5 Å². The van der Waals surface area contributed by atoms with Crippen LogP contribution in [-0.4, -0.2) is 22.9 Å². The molecule has 1 unspecified atom stereocenters. The summed E-state index contributed by atoms with van der Waals surface area (Å²) in [7, 11) is -1.93. The van der Waals surface area contributed by atoms with E-state index in [4.69, 9.17) is 0 Å². The van der Waals surface area contributed by atoms with Crippen molar-refractivity contribution in [3.8, 4) is 0 Å². The van der Waals surface area contributed by atoms with E-state index in [0.717, 1.165) is 6.07 Å². The third kappa shape index (κ3) is 4.28. The zero-order chi connectivity index (χ0) is 12.2. The van der Waals surface area contributed by atoms with Crippen LogP contribution in [0.1, 0.15) is 0 Å². The molecule has 0 bridgehead atoms. The summed E-state index contributed by atoms with van der Waals surface area (Å²) in [6.07, 6.45) is -4.47. The average molecular weight is 256 g/mol. The van der Waals surface area contributed by atoms with Crippen LogP contribution in [0.2, 0.25) is 0 Å². The van der Waals surface area contributed by atoms with Gasteiger partial charge in [-0.05, 0) is 12.1 Å². The van der Waals surface area contributed by atoms with Crippen LogP contribution in [-0.2, 0) is 15.5 Å². The van der Waals surface area contributed by atoms with Crippen LogP contribution in [0, 0.1) is 5.82 Å². The molecule has 0 saturated carbocycles. The number of alkyl halides is 3. The highest BCUT2D eigenvalue weighted by molar-refractivity contribution is 7.84. The van der Waals surface area contributed by atoms with Crippen LogP contribution in [0.25, 0.3) is 0 Å². The Morgan fingerprint density at radius 3 is 2.44 bits per heavy atom. The minimum Gasteiger partial charge on any atom is -0.358 e. The third-order valence-corrected chi connectivity index (χ3v) is 2.74. The Morgan fingerprint density at radius 2 is 1.88 bits per heavy atom. The Balaban J connectivity index is 2.51. The van der Waals surface area contributed by atoms with E-state index in [1.165, 1.54) is 18.2 Å². The van der Waals surface area contributed by atoms with Gasteiger partial charge in [-0.25, -0.2) is 4.39 Å². The van der Waals surface area contributed by atoms with Crippen LogP contribution in [0.15, 0.2) is 29.2 Å². The van der Waals surface area contributed by atoms with Crippen molar-refractivity contribution in [1.82, 2.24) is 0 Å². The van der Waals surface area contributed by atoms with Gasteiger partial charge in [-0.3, -0.25) is 4.21 Å². The molecule has 0 radical (unpaired) electrons. The summed E-state index contributed by atoms with van der Waals surface area (Å²) in [5, 5.41) is 0. The molecule has 1 rings (SSSR count). The average Bonchev–Trinajstić information content (AvgIpc) is 2.16. The number of ether oxygens (including phenoxy) is 1. The fourth-order valence-corrected chi connectivity index (χ4v) is 1.80. The Labute approximate surface area is 91.7 Å². The van der Waals surface area contributed by atoms with Crippen LogP contribution < -0.4 is 0 Å². The van der Waals surface area contributed by atoms with Gasteiger partial charge < -0.3 is 4.74 Å². The van der Waals surface area contributed by atoms with Gasteiger partial charge in [0.1, 0.15) is 18.4 Å². The molecule has 0 amide bonds. The standard InChI is InChI=1S/C9H8F4O2S/c10-7-3-1-2-4-8(7)16(14)6-15-5-9(11,12)13/h1-4H,5-6H2. The van der Waals surface area contributed by atoms with E-state index in [1.807, 2.05) is 0 Å². The monoisotopic (exact) mass is 256 g/mol. The van der Waals surface area contributed by atoms with Crippen molar-refractivity contribution < 1.29 is 26.5 Å². The molecule has 7 heteroatoms. The highest BCUT2D eigenvalue weighted by atomic mass is 32.2. The number of rotatable bonds is 4. The minimum absolute atomic E-state index is 0.162. The van der Waals surface area contributed by atoms with Gasteiger partial charge in [0.2, 0.25) is 0 Å². The van der Waals surface area contributed by atoms with E-state index in [-0.39, 0.29) is 4.90 Å². The van der Waals surface area contributed by atoms with Crippen LogP contribution in [0.5, 0.6) is 0 Å². The summed E-state index contributed by atoms with van der Waals surface area (Å²) in [4.78, 5) is -0.162. The quantitative estimate of drug-likeness (QED) is 0.773. The Hall–Kier alpha value is -0.950. The lowest BCUT2D eigenvalue weighted by molar-refractivity contribution is -0.169. The Kier molecular flexibility index (Phi) is 4.43. The topological polar surface area (TPSA) is 26.3 Å². The highest BCUT2D eigenvalue weighted by Gasteiger charge is 2.27. The third-order valence-electron chi connectivity index (χ3n) is 1.54. The van der Waals surface area contributed by atoms with Crippen LogP contribution >= 0.6 is 0 Å².